The molecule has 0 spiro atoms. The molecule has 1 unspecified atom stereocenters. The smallest absolute Gasteiger partial charge is 0.00419 e. The summed E-state index contributed by atoms with van der Waals surface area (Å²) >= 11 is 6.53. The average molecular weight is 204 g/mol. The molecule has 0 N–H and O–H groups in total. The first-order valence-corrected chi connectivity index (χ1v) is 6.50. The van der Waals surface area contributed by atoms with E-state index in [-0.39, 0.29) is 0 Å². The van der Waals surface area contributed by atoms with Gasteiger partial charge in [-0.05, 0) is 35.7 Å². The highest BCUT2D eigenvalue weighted by Gasteiger charge is 2.41. The highest BCUT2D eigenvalue weighted by atomic mass is 32.2. The van der Waals surface area contributed by atoms with Gasteiger partial charge in [0.1, 0.15) is 0 Å². The molecular weight excluding hydrogens is 184 g/mol. The molecule has 0 aromatic rings. The van der Waals surface area contributed by atoms with Gasteiger partial charge in [0.2, 0.25) is 0 Å². The van der Waals surface area contributed by atoms with Gasteiger partial charge in [0, 0.05) is 5.25 Å². The summed E-state index contributed by atoms with van der Waals surface area (Å²) in [5.41, 5.74) is 0.636. The normalized spacial score (nSPS) is 22.8. The topological polar surface area (TPSA) is 0 Å². The Bertz CT molecular complexity index is 139. The number of hydrogen-bond donors (Lipinski definition) is 1. The fourth-order valence-corrected chi connectivity index (χ4v) is 3.00. The Morgan fingerprint density at radius 3 is 2.25 bits per heavy atom. The van der Waals surface area contributed by atoms with Gasteiger partial charge in [-0.15, -0.1) is 0 Å². The molecule has 1 fully saturated rings. The van der Waals surface area contributed by atoms with Gasteiger partial charge in [0.05, 0.1) is 0 Å². The van der Waals surface area contributed by atoms with Gasteiger partial charge in [-0.2, -0.15) is 24.4 Å². The lowest BCUT2D eigenvalue weighted by atomic mass is 10.1. The zero-order valence-corrected chi connectivity index (χ0v) is 10.0. The molecule has 2 heteroatoms. The van der Waals surface area contributed by atoms with E-state index < -0.39 is 0 Å². The second-order valence-corrected chi connectivity index (χ2v) is 6.10. The SMILES string of the molecule is CC(C)C(C)SCC1(CS)CC1. The van der Waals surface area contributed by atoms with Crippen molar-refractivity contribution in [3.05, 3.63) is 0 Å². The molecule has 1 aliphatic rings. The Balaban J connectivity index is 2.17. The van der Waals surface area contributed by atoms with E-state index in [2.05, 4.69) is 45.2 Å². The van der Waals surface area contributed by atoms with Crippen LogP contribution in [0, 0.1) is 11.3 Å². The van der Waals surface area contributed by atoms with Gasteiger partial charge < -0.3 is 0 Å². The zero-order valence-electron chi connectivity index (χ0n) is 8.34. The Labute approximate surface area is 86.3 Å². The van der Waals surface area contributed by atoms with Crippen molar-refractivity contribution >= 4 is 24.4 Å². The molecule has 1 atom stereocenters. The van der Waals surface area contributed by atoms with Crippen LogP contribution in [-0.4, -0.2) is 16.8 Å². The van der Waals surface area contributed by atoms with Crippen molar-refractivity contribution in [3.63, 3.8) is 0 Å². The van der Waals surface area contributed by atoms with E-state index in [4.69, 9.17) is 0 Å². The number of thiol groups is 1. The van der Waals surface area contributed by atoms with E-state index in [9.17, 15) is 0 Å². The standard InChI is InChI=1S/C10H20S2/c1-8(2)9(3)12-7-10(6-11)4-5-10/h8-9,11H,4-7H2,1-3H3. The van der Waals surface area contributed by atoms with Gasteiger partial charge in [0.25, 0.3) is 0 Å². The molecule has 1 aliphatic carbocycles. The predicted octanol–water partition coefficient (Wildman–Crippen LogP) is 3.47. The molecule has 0 aromatic heterocycles. The first-order valence-electron chi connectivity index (χ1n) is 4.82. The Hall–Kier alpha value is 0.700. The fraction of sp³-hybridized carbons (Fsp3) is 1.00. The quantitative estimate of drug-likeness (QED) is 0.669. The van der Waals surface area contributed by atoms with Crippen LogP contribution in [0.3, 0.4) is 0 Å². The number of rotatable bonds is 5. The lowest BCUT2D eigenvalue weighted by Gasteiger charge is -2.18. The van der Waals surface area contributed by atoms with Crippen LogP contribution in [0.25, 0.3) is 0 Å². The first kappa shape index (κ1) is 10.8. The minimum Gasteiger partial charge on any atom is -0.179 e. The van der Waals surface area contributed by atoms with Crippen LogP contribution in [0.15, 0.2) is 0 Å². The third kappa shape index (κ3) is 2.88. The summed E-state index contributed by atoms with van der Waals surface area (Å²) in [5, 5.41) is 0.808. The predicted molar refractivity (Wildman–Crippen MR) is 62.3 cm³/mol. The molecule has 1 rings (SSSR count). The van der Waals surface area contributed by atoms with E-state index >= 15 is 0 Å². The van der Waals surface area contributed by atoms with Crippen molar-refractivity contribution in [1.82, 2.24) is 0 Å². The second kappa shape index (κ2) is 4.28. The summed E-state index contributed by atoms with van der Waals surface area (Å²) in [5.74, 6) is 3.23. The van der Waals surface area contributed by atoms with E-state index in [1.54, 1.807) is 0 Å². The molecule has 12 heavy (non-hydrogen) atoms. The van der Waals surface area contributed by atoms with Gasteiger partial charge in [-0.25, -0.2) is 0 Å². The Kier molecular flexibility index (Phi) is 3.84. The summed E-state index contributed by atoms with van der Waals surface area (Å²) in [6.45, 7) is 6.94. The van der Waals surface area contributed by atoms with Crippen LogP contribution in [-0.2, 0) is 0 Å². The fourth-order valence-electron chi connectivity index (χ4n) is 1.03. The molecule has 0 aliphatic heterocycles. The van der Waals surface area contributed by atoms with Crippen molar-refractivity contribution in [1.29, 1.82) is 0 Å². The average Bonchev–Trinajstić information content (AvgIpc) is 2.81. The van der Waals surface area contributed by atoms with E-state index in [0.29, 0.717) is 5.41 Å². The maximum absolute atomic E-state index is 4.40. The monoisotopic (exact) mass is 204 g/mol. The molecule has 0 bridgehead atoms. The third-order valence-corrected chi connectivity index (χ3v) is 5.40. The molecule has 0 saturated heterocycles. The van der Waals surface area contributed by atoms with Gasteiger partial charge in [-0.1, -0.05) is 20.8 Å². The summed E-state index contributed by atoms with van der Waals surface area (Å²) < 4.78 is 0. The van der Waals surface area contributed by atoms with Crippen LogP contribution in [0.4, 0.5) is 0 Å². The lowest BCUT2D eigenvalue weighted by Crippen LogP contribution is -2.12. The highest BCUT2D eigenvalue weighted by Crippen LogP contribution is 2.49. The lowest BCUT2D eigenvalue weighted by molar-refractivity contribution is 0.631. The molecule has 0 heterocycles. The summed E-state index contributed by atoms with van der Waals surface area (Å²) in [6, 6.07) is 0. The van der Waals surface area contributed by atoms with Crippen molar-refractivity contribution in [2.75, 3.05) is 11.5 Å². The van der Waals surface area contributed by atoms with Gasteiger partial charge in [-0.3, -0.25) is 0 Å². The minimum atomic E-state index is 0.636. The highest BCUT2D eigenvalue weighted by molar-refractivity contribution is 7.99. The summed E-state index contributed by atoms with van der Waals surface area (Å²) in [4.78, 5) is 0. The molecule has 0 amide bonds. The zero-order chi connectivity index (χ0) is 9.19. The van der Waals surface area contributed by atoms with Crippen LogP contribution in [0.5, 0.6) is 0 Å². The second-order valence-electron chi connectivity index (χ2n) is 4.42. The Morgan fingerprint density at radius 2 is 1.92 bits per heavy atom. The Morgan fingerprint density at radius 1 is 1.33 bits per heavy atom. The molecule has 0 nitrogen and oxygen atoms in total. The molecule has 0 aromatic carbocycles. The third-order valence-electron chi connectivity index (χ3n) is 2.88. The van der Waals surface area contributed by atoms with Crippen molar-refractivity contribution in [2.24, 2.45) is 11.3 Å². The van der Waals surface area contributed by atoms with Gasteiger partial charge in [0.15, 0.2) is 0 Å². The first-order chi connectivity index (χ1) is 5.59. The van der Waals surface area contributed by atoms with Crippen LogP contribution in [0.1, 0.15) is 33.6 Å². The minimum absolute atomic E-state index is 0.636. The van der Waals surface area contributed by atoms with Crippen molar-refractivity contribution in [3.8, 4) is 0 Å². The largest absolute Gasteiger partial charge is 0.179 e. The number of thioether (sulfide) groups is 1. The molecule has 72 valence electrons. The number of hydrogen-bond acceptors (Lipinski definition) is 2. The summed E-state index contributed by atoms with van der Waals surface area (Å²) in [6.07, 6.45) is 2.82. The van der Waals surface area contributed by atoms with Crippen LogP contribution >= 0.6 is 24.4 Å². The molecule has 0 radical (unpaired) electrons. The van der Waals surface area contributed by atoms with Crippen LogP contribution < -0.4 is 0 Å². The van der Waals surface area contributed by atoms with E-state index in [0.717, 1.165) is 16.9 Å². The van der Waals surface area contributed by atoms with Crippen molar-refractivity contribution < 1.29 is 0 Å². The molecule has 1 saturated carbocycles. The maximum Gasteiger partial charge on any atom is 0.00419 e. The maximum atomic E-state index is 4.40. The van der Waals surface area contributed by atoms with E-state index in [1.807, 2.05) is 0 Å². The van der Waals surface area contributed by atoms with Gasteiger partial charge >= 0.3 is 0 Å². The van der Waals surface area contributed by atoms with Crippen LogP contribution in [0.2, 0.25) is 0 Å². The molecular formula is C10H20S2. The van der Waals surface area contributed by atoms with E-state index in [1.165, 1.54) is 18.6 Å². The summed E-state index contributed by atoms with van der Waals surface area (Å²) in [7, 11) is 0. The van der Waals surface area contributed by atoms with Crippen molar-refractivity contribution in [2.45, 2.75) is 38.9 Å².